The van der Waals surface area contributed by atoms with Crippen LogP contribution in [0.2, 0.25) is 0 Å². The minimum absolute atomic E-state index is 0.216. The minimum Gasteiger partial charge on any atom is -0.468 e. The van der Waals surface area contributed by atoms with Crippen molar-refractivity contribution >= 4 is 17.7 Å². The molecular formula is C10H15N3O3S. The van der Waals surface area contributed by atoms with Gasteiger partial charge in [-0.25, -0.2) is 4.98 Å². The summed E-state index contributed by atoms with van der Waals surface area (Å²) in [6.45, 7) is 1.73. The number of H-pyrrole nitrogens is 1. The van der Waals surface area contributed by atoms with Crippen molar-refractivity contribution < 1.29 is 9.53 Å². The molecule has 0 fully saturated rings. The Morgan fingerprint density at radius 1 is 1.71 bits per heavy atom. The molecule has 1 rings (SSSR count). The van der Waals surface area contributed by atoms with E-state index in [0.29, 0.717) is 10.9 Å². The lowest BCUT2D eigenvalue weighted by Crippen LogP contribution is -2.50. The van der Waals surface area contributed by atoms with Gasteiger partial charge in [0.1, 0.15) is 5.54 Å². The number of aromatic amines is 1. The maximum atomic E-state index is 11.6. The van der Waals surface area contributed by atoms with E-state index in [1.807, 2.05) is 0 Å². The summed E-state index contributed by atoms with van der Waals surface area (Å²) in [6, 6.07) is 1.33. The Morgan fingerprint density at radius 3 is 2.94 bits per heavy atom. The van der Waals surface area contributed by atoms with Gasteiger partial charge in [-0.05, 0) is 14.0 Å². The Bertz CT molecular complexity index is 448. The van der Waals surface area contributed by atoms with Crippen LogP contribution in [0.5, 0.6) is 0 Å². The maximum absolute atomic E-state index is 11.6. The van der Waals surface area contributed by atoms with Crippen molar-refractivity contribution in [2.24, 2.45) is 0 Å². The van der Waals surface area contributed by atoms with Crippen LogP contribution < -0.4 is 10.9 Å². The first-order chi connectivity index (χ1) is 8.01. The molecule has 1 aromatic rings. The van der Waals surface area contributed by atoms with Crippen LogP contribution in [-0.2, 0) is 9.53 Å². The maximum Gasteiger partial charge on any atom is 0.326 e. The molecule has 17 heavy (non-hydrogen) atoms. The highest BCUT2D eigenvalue weighted by molar-refractivity contribution is 7.99. The first-order valence-electron chi connectivity index (χ1n) is 4.97. The normalized spacial score (nSPS) is 14.1. The van der Waals surface area contributed by atoms with Gasteiger partial charge in [-0.2, -0.15) is 0 Å². The molecule has 1 unspecified atom stereocenters. The third-order valence-corrected chi connectivity index (χ3v) is 3.54. The third-order valence-electron chi connectivity index (χ3n) is 2.33. The zero-order valence-electron chi connectivity index (χ0n) is 9.94. The summed E-state index contributed by atoms with van der Waals surface area (Å²) < 4.78 is 4.71. The summed E-state index contributed by atoms with van der Waals surface area (Å²) in [4.78, 5) is 29.2. The van der Waals surface area contributed by atoms with Gasteiger partial charge in [-0.3, -0.25) is 9.59 Å². The SMILES string of the molecule is CNC(C)(CSc1nccc(=O)[nH]1)C(=O)OC. The number of thioether (sulfide) groups is 1. The zero-order valence-corrected chi connectivity index (χ0v) is 10.8. The molecule has 7 heteroatoms. The van der Waals surface area contributed by atoms with Crippen LogP contribution in [-0.4, -0.2) is 41.4 Å². The quantitative estimate of drug-likeness (QED) is 0.439. The van der Waals surface area contributed by atoms with Gasteiger partial charge in [0.05, 0.1) is 7.11 Å². The van der Waals surface area contributed by atoms with Crippen molar-refractivity contribution in [3.63, 3.8) is 0 Å². The number of ether oxygens (including phenoxy) is 1. The third kappa shape index (κ3) is 3.57. The number of nitrogens with zero attached hydrogens (tertiary/aromatic N) is 1. The van der Waals surface area contributed by atoms with Crippen LogP contribution in [0, 0.1) is 0 Å². The molecule has 0 bridgehead atoms. The van der Waals surface area contributed by atoms with Crippen molar-refractivity contribution in [2.75, 3.05) is 19.9 Å². The molecule has 0 saturated carbocycles. The Balaban J connectivity index is 2.71. The van der Waals surface area contributed by atoms with E-state index in [0.717, 1.165) is 0 Å². The lowest BCUT2D eigenvalue weighted by molar-refractivity contribution is -0.146. The van der Waals surface area contributed by atoms with Crippen LogP contribution in [0.1, 0.15) is 6.92 Å². The molecule has 0 amide bonds. The minimum atomic E-state index is -0.812. The standard InChI is InChI=1S/C10H15N3O3S/c1-10(11-2,8(15)16-3)6-17-9-12-5-4-7(14)13-9/h4-5,11H,6H2,1-3H3,(H,12,13,14). The number of hydrogen-bond acceptors (Lipinski definition) is 6. The van der Waals surface area contributed by atoms with E-state index >= 15 is 0 Å². The lowest BCUT2D eigenvalue weighted by atomic mass is 10.1. The highest BCUT2D eigenvalue weighted by Crippen LogP contribution is 2.19. The summed E-state index contributed by atoms with van der Waals surface area (Å²) in [5.74, 6) is 0.0501. The summed E-state index contributed by atoms with van der Waals surface area (Å²) in [5.41, 5.74) is -1.03. The molecule has 0 radical (unpaired) electrons. The first kappa shape index (κ1) is 13.7. The fourth-order valence-electron chi connectivity index (χ4n) is 1.10. The van der Waals surface area contributed by atoms with E-state index in [-0.39, 0.29) is 11.5 Å². The topological polar surface area (TPSA) is 84.1 Å². The van der Waals surface area contributed by atoms with E-state index in [1.165, 1.54) is 31.1 Å². The summed E-state index contributed by atoms with van der Waals surface area (Å²) in [5, 5.41) is 3.37. The average Bonchev–Trinajstić information content (AvgIpc) is 2.35. The number of methoxy groups -OCH3 is 1. The van der Waals surface area contributed by atoms with Gasteiger partial charge < -0.3 is 15.0 Å². The van der Waals surface area contributed by atoms with Crippen molar-refractivity contribution in [1.29, 1.82) is 0 Å². The number of rotatable bonds is 5. The molecule has 1 heterocycles. The number of aromatic nitrogens is 2. The van der Waals surface area contributed by atoms with E-state index < -0.39 is 5.54 Å². The zero-order chi connectivity index (χ0) is 12.9. The van der Waals surface area contributed by atoms with Gasteiger partial charge in [0.15, 0.2) is 5.16 Å². The number of carbonyl (C=O) groups excluding carboxylic acids is 1. The summed E-state index contributed by atoms with van der Waals surface area (Å²) >= 11 is 1.28. The largest absolute Gasteiger partial charge is 0.468 e. The van der Waals surface area contributed by atoms with E-state index in [2.05, 4.69) is 15.3 Å². The predicted molar refractivity (Wildman–Crippen MR) is 65.1 cm³/mol. The van der Waals surface area contributed by atoms with Crippen LogP contribution in [0.25, 0.3) is 0 Å². The fourth-order valence-corrected chi connectivity index (χ4v) is 2.09. The van der Waals surface area contributed by atoms with E-state index in [9.17, 15) is 9.59 Å². The Kier molecular flexibility index (Phi) is 4.71. The summed E-state index contributed by atoms with van der Waals surface area (Å²) in [6.07, 6.45) is 1.43. The Morgan fingerprint density at radius 2 is 2.41 bits per heavy atom. The van der Waals surface area contributed by atoms with Gasteiger partial charge in [0.2, 0.25) is 0 Å². The lowest BCUT2D eigenvalue weighted by Gasteiger charge is -2.25. The summed E-state index contributed by atoms with van der Waals surface area (Å²) in [7, 11) is 3.02. The second-order valence-electron chi connectivity index (χ2n) is 3.60. The molecule has 0 spiro atoms. The van der Waals surface area contributed by atoms with Gasteiger partial charge >= 0.3 is 5.97 Å². The molecule has 0 aliphatic carbocycles. The Hall–Kier alpha value is -1.34. The van der Waals surface area contributed by atoms with Crippen molar-refractivity contribution in [3.05, 3.63) is 22.6 Å². The van der Waals surface area contributed by atoms with Gasteiger partial charge in [-0.1, -0.05) is 11.8 Å². The number of nitrogens with one attached hydrogen (secondary N) is 2. The van der Waals surface area contributed by atoms with Crippen LogP contribution >= 0.6 is 11.8 Å². The highest BCUT2D eigenvalue weighted by atomic mass is 32.2. The van der Waals surface area contributed by atoms with Crippen LogP contribution in [0.4, 0.5) is 0 Å². The molecule has 0 aromatic carbocycles. The van der Waals surface area contributed by atoms with Crippen LogP contribution in [0.15, 0.2) is 22.2 Å². The molecule has 0 aliphatic rings. The molecule has 1 atom stereocenters. The number of likely N-dealkylation sites (N-methyl/N-ethyl adjacent to an activating group) is 1. The Labute approximate surface area is 103 Å². The molecule has 2 N–H and O–H groups in total. The first-order valence-corrected chi connectivity index (χ1v) is 5.96. The molecular weight excluding hydrogens is 242 g/mol. The fraction of sp³-hybridized carbons (Fsp3) is 0.500. The van der Waals surface area contributed by atoms with Crippen molar-refractivity contribution in [2.45, 2.75) is 17.6 Å². The molecule has 1 aromatic heterocycles. The second-order valence-corrected chi connectivity index (χ2v) is 4.57. The monoisotopic (exact) mass is 257 g/mol. The number of esters is 1. The molecule has 6 nitrogen and oxygen atoms in total. The van der Waals surface area contributed by atoms with Crippen LogP contribution in [0.3, 0.4) is 0 Å². The number of carbonyl (C=O) groups is 1. The predicted octanol–water partition coefficient (Wildman–Crippen LogP) is 0.0131. The molecule has 0 aliphatic heterocycles. The van der Waals surface area contributed by atoms with Crippen molar-refractivity contribution in [3.8, 4) is 0 Å². The number of hydrogen-bond donors (Lipinski definition) is 2. The van der Waals surface area contributed by atoms with E-state index in [4.69, 9.17) is 4.74 Å². The molecule has 0 saturated heterocycles. The smallest absolute Gasteiger partial charge is 0.326 e. The molecule has 94 valence electrons. The van der Waals surface area contributed by atoms with Gasteiger partial charge in [-0.15, -0.1) is 0 Å². The van der Waals surface area contributed by atoms with Gasteiger partial charge in [0.25, 0.3) is 5.56 Å². The average molecular weight is 257 g/mol. The van der Waals surface area contributed by atoms with Gasteiger partial charge in [0, 0.05) is 18.0 Å². The van der Waals surface area contributed by atoms with E-state index in [1.54, 1.807) is 14.0 Å². The van der Waals surface area contributed by atoms with Crippen molar-refractivity contribution in [1.82, 2.24) is 15.3 Å². The second kappa shape index (κ2) is 5.83. The highest BCUT2D eigenvalue weighted by Gasteiger charge is 2.32.